The van der Waals surface area contributed by atoms with Gasteiger partial charge in [-0.3, -0.25) is 9.59 Å². The third-order valence-electron chi connectivity index (χ3n) is 3.51. The van der Waals surface area contributed by atoms with Crippen LogP contribution in [0.15, 0.2) is 47.1 Å². The molecule has 6 heteroatoms. The molecule has 0 saturated carbocycles. The Bertz CT molecular complexity index is 933. The van der Waals surface area contributed by atoms with Crippen molar-refractivity contribution in [2.24, 2.45) is 0 Å². The Balaban J connectivity index is 1.87. The van der Waals surface area contributed by atoms with Gasteiger partial charge in [-0.1, -0.05) is 15.9 Å². The van der Waals surface area contributed by atoms with E-state index in [0.717, 1.165) is 10.0 Å². The topological polar surface area (TPSA) is 62.0 Å². The Morgan fingerprint density at radius 2 is 1.96 bits per heavy atom. The number of nitrogens with one attached hydrogen (secondary N) is 2. The molecule has 0 spiro atoms. The van der Waals surface area contributed by atoms with Crippen LogP contribution in [0.25, 0.3) is 10.9 Å². The lowest BCUT2D eigenvalue weighted by Crippen LogP contribution is -2.22. The number of amides is 1. The van der Waals surface area contributed by atoms with Crippen LogP contribution in [0.3, 0.4) is 0 Å². The van der Waals surface area contributed by atoms with Crippen molar-refractivity contribution in [3.8, 4) is 0 Å². The molecule has 2 N–H and O–H groups in total. The highest BCUT2D eigenvalue weighted by Crippen LogP contribution is 2.22. The minimum atomic E-state index is -0.767. The van der Waals surface area contributed by atoms with Crippen molar-refractivity contribution in [3.05, 3.63) is 64.0 Å². The molecule has 1 heterocycles. The van der Waals surface area contributed by atoms with Gasteiger partial charge in [-0.25, -0.2) is 4.39 Å². The summed E-state index contributed by atoms with van der Waals surface area (Å²) in [5.74, 6) is -1.95. The summed E-state index contributed by atoms with van der Waals surface area (Å²) in [6.07, 6.45) is 1.42. The first-order valence-electron chi connectivity index (χ1n) is 6.84. The summed E-state index contributed by atoms with van der Waals surface area (Å²) in [4.78, 5) is 27.3. The number of carbonyl (C=O) groups excluding carboxylic acids is 2. The summed E-state index contributed by atoms with van der Waals surface area (Å²) in [5, 5.41) is 2.95. The average Bonchev–Trinajstić information content (AvgIpc) is 2.93. The second kappa shape index (κ2) is 5.96. The van der Waals surface area contributed by atoms with E-state index in [-0.39, 0.29) is 5.56 Å². The van der Waals surface area contributed by atoms with Crippen LogP contribution in [-0.2, 0) is 4.79 Å². The number of aryl methyl sites for hydroxylation is 1. The number of hydrogen-bond donors (Lipinski definition) is 2. The molecule has 1 aromatic heterocycles. The molecule has 0 aliphatic carbocycles. The summed E-state index contributed by atoms with van der Waals surface area (Å²) in [6.45, 7) is 1.88. The van der Waals surface area contributed by atoms with Gasteiger partial charge in [0.05, 0.1) is 5.56 Å². The predicted molar refractivity (Wildman–Crippen MR) is 90.1 cm³/mol. The van der Waals surface area contributed by atoms with E-state index < -0.39 is 17.5 Å². The van der Waals surface area contributed by atoms with Crippen molar-refractivity contribution >= 4 is 44.2 Å². The summed E-state index contributed by atoms with van der Waals surface area (Å²) in [5.41, 5.74) is 2.20. The van der Waals surface area contributed by atoms with E-state index in [0.29, 0.717) is 16.6 Å². The van der Waals surface area contributed by atoms with Gasteiger partial charge >= 0.3 is 0 Å². The molecule has 3 rings (SSSR count). The number of ketones is 1. The smallest absolute Gasteiger partial charge is 0.296 e. The maximum absolute atomic E-state index is 13.4. The molecule has 3 aromatic rings. The number of rotatable bonds is 3. The zero-order valence-corrected chi connectivity index (χ0v) is 13.7. The van der Waals surface area contributed by atoms with Crippen LogP contribution < -0.4 is 5.32 Å². The standard InChI is InChI=1S/C17H12BrFN2O2/c1-9-6-11(3-4-14(9)18)21-17(23)16(22)13-8-20-15-5-2-10(19)7-12(13)15/h2-8,20H,1H3,(H,21,23). The fourth-order valence-electron chi connectivity index (χ4n) is 2.31. The Kier molecular flexibility index (Phi) is 4.00. The van der Waals surface area contributed by atoms with E-state index >= 15 is 0 Å². The number of aromatic nitrogens is 1. The van der Waals surface area contributed by atoms with Gasteiger partial charge in [0, 0.05) is 27.3 Å². The summed E-state index contributed by atoms with van der Waals surface area (Å²) in [7, 11) is 0. The molecule has 0 atom stereocenters. The van der Waals surface area contributed by atoms with Crippen LogP contribution >= 0.6 is 15.9 Å². The molecular formula is C17H12BrFN2O2. The van der Waals surface area contributed by atoms with E-state index in [2.05, 4.69) is 26.2 Å². The highest BCUT2D eigenvalue weighted by molar-refractivity contribution is 9.10. The van der Waals surface area contributed by atoms with Gasteiger partial charge < -0.3 is 10.3 Å². The second-order valence-electron chi connectivity index (χ2n) is 5.14. The largest absolute Gasteiger partial charge is 0.360 e. The third kappa shape index (κ3) is 3.03. The van der Waals surface area contributed by atoms with Crippen LogP contribution in [0, 0.1) is 12.7 Å². The van der Waals surface area contributed by atoms with Crippen LogP contribution in [0.2, 0.25) is 0 Å². The lowest BCUT2D eigenvalue weighted by Gasteiger charge is -2.06. The van der Waals surface area contributed by atoms with Crippen molar-refractivity contribution in [1.29, 1.82) is 0 Å². The monoisotopic (exact) mass is 374 g/mol. The molecule has 23 heavy (non-hydrogen) atoms. The molecule has 4 nitrogen and oxygen atoms in total. The highest BCUT2D eigenvalue weighted by atomic mass is 79.9. The third-order valence-corrected chi connectivity index (χ3v) is 4.40. The van der Waals surface area contributed by atoms with E-state index in [1.165, 1.54) is 24.4 Å². The van der Waals surface area contributed by atoms with Gasteiger partial charge in [-0.15, -0.1) is 0 Å². The molecule has 0 bridgehead atoms. The first-order valence-corrected chi connectivity index (χ1v) is 7.63. The van der Waals surface area contributed by atoms with Gasteiger partial charge in [0.1, 0.15) is 5.82 Å². The fourth-order valence-corrected chi connectivity index (χ4v) is 2.56. The Labute approximate surface area is 139 Å². The summed E-state index contributed by atoms with van der Waals surface area (Å²) in [6, 6.07) is 9.28. The Hall–Kier alpha value is -2.47. The number of Topliss-reactive ketones (excluding diaryl/α,β-unsaturated/α-hetero) is 1. The summed E-state index contributed by atoms with van der Waals surface area (Å²) < 4.78 is 14.3. The maximum Gasteiger partial charge on any atom is 0.296 e. The van der Waals surface area contributed by atoms with Gasteiger partial charge in [0.2, 0.25) is 0 Å². The van der Waals surface area contributed by atoms with Crippen LogP contribution in [-0.4, -0.2) is 16.7 Å². The van der Waals surface area contributed by atoms with Crippen molar-refractivity contribution in [3.63, 3.8) is 0 Å². The lowest BCUT2D eigenvalue weighted by atomic mass is 10.1. The molecule has 0 aliphatic rings. The van der Waals surface area contributed by atoms with Crippen LogP contribution in [0.1, 0.15) is 15.9 Å². The summed E-state index contributed by atoms with van der Waals surface area (Å²) >= 11 is 3.37. The van der Waals surface area contributed by atoms with Crippen molar-refractivity contribution in [2.75, 3.05) is 5.32 Å². The van der Waals surface area contributed by atoms with Gasteiger partial charge in [0.15, 0.2) is 0 Å². The molecule has 116 valence electrons. The van der Waals surface area contributed by atoms with Crippen LogP contribution in [0.4, 0.5) is 10.1 Å². The number of halogens is 2. The van der Waals surface area contributed by atoms with Crippen molar-refractivity contribution in [2.45, 2.75) is 6.92 Å². The molecule has 1 amide bonds. The van der Waals surface area contributed by atoms with E-state index in [1.54, 1.807) is 18.2 Å². The van der Waals surface area contributed by atoms with Crippen LogP contribution in [0.5, 0.6) is 0 Å². The normalized spacial score (nSPS) is 10.7. The Morgan fingerprint density at radius 1 is 1.17 bits per heavy atom. The second-order valence-corrected chi connectivity index (χ2v) is 5.99. The predicted octanol–water partition coefficient (Wildman–Crippen LogP) is 4.20. The minimum Gasteiger partial charge on any atom is -0.360 e. The molecule has 0 aliphatic heterocycles. The number of fused-ring (bicyclic) bond motifs is 1. The number of hydrogen-bond acceptors (Lipinski definition) is 2. The minimum absolute atomic E-state index is 0.144. The molecule has 0 fully saturated rings. The van der Waals surface area contributed by atoms with E-state index in [9.17, 15) is 14.0 Å². The zero-order chi connectivity index (χ0) is 16.6. The molecule has 0 saturated heterocycles. The van der Waals surface area contributed by atoms with Gasteiger partial charge in [-0.2, -0.15) is 0 Å². The Morgan fingerprint density at radius 3 is 2.70 bits per heavy atom. The molecule has 2 aromatic carbocycles. The molecule has 0 unspecified atom stereocenters. The molecular weight excluding hydrogens is 363 g/mol. The number of H-pyrrole nitrogens is 1. The zero-order valence-electron chi connectivity index (χ0n) is 12.1. The van der Waals surface area contributed by atoms with Gasteiger partial charge in [-0.05, 0) is 48.9 Å². The number of anilines is 1. The first kappa shape index (κ1) is 15.4. The van der Waals surface area contributed by atoms with E-state index in [4.69, 9.17) is 0 Å². The first-order chi connectivity index (χ1) is 11.0. The average molecular weight is 375 g/mol. The molecule has 0 radical (unpaired) electrons. The highest BCUT2D eigenvalue weighted by Gasteiger charge is 2.20. The van der Waals surface area contributed by atoms with Crippen molar-refractivity contribution < 1.29 is 14.0 Å². The van der Waals surface area contributed by atoms with E-state index in [1.807, 2.05) is 6.92 Å². The van der Waals surface area contributed by atoms with Gasteiger partial charge in [0.25, 0.3) is 11.7 Å². The maximum atomic E-state index is 13.4. The quantitative estimate of drug-likeness (QED) is 0.533. The van der Waals surface area contributed by atoms with Crippen molar-refractivity contribution in [1.82, 2.24) is 4.98 Å². The fraction of sp³-hybridized carbons (Fsp3) is 0.0588. The lowest BCUT2D eigenvalue weighted by molar-refractivity contribution is -0.112. The number of aromatic amines is 1. The SMILES string of the molecule is Cc1cc(NC(=O)C(=O)c2c[nH]c3ccc(F)cc23)ccc1Br. The number of benzene rings is 2. The number of carbonyl (C=O) groups is 2.